The zero-order chi connectivity index (χ0) is 21.8. The number of hydrogen-bond donors (Lipinski definition) is 3. The van der Waals surface area contributed by atoms with Crippen LogP contribution < -0.4 is 11.1 Å². The number of carboxylic acids is 1. The number of nitrogens with two attached hydrogens (primary N) is 1. The van der Waals surface area contributed by atoms with Crippen LogP contribution in [-0.4, -0.2) is 48.9 Å². The average molecular weight is 441 g/mol. The highest BCUT2D eigenvalue weighted by Crippen LogP contribution is 2.07. The van der Waals surface area contributed by atoms with Crippen molar-refractivity contribution in [2.75, 3.05) is 20.2 Å². The number of nitrogens with one attached hydrogen (secondary N) is 1. The number of halogens is 1. The van der Waals surface area contributed by atoms with Crippen LogP contribution in [0, 0.1) is 0 Å². The Balaban J connectivity index is -0.000000491. The van der Waals surface area contributed by atoms with Gasteiger partial charge in [-0.1, -0.05) is 25.7 Å². The van der Waals surface area contributed by atoms with Crippen molar-refractivity contribution in [3.05, 3.63) is 0 Å². The van der Waals surface area contributed by atoms with Crippen molar-refractivity contribution in [1.29, 1.82) is 0 Å². The fourth-order valence-corrected chi connectivity index (χ4v) is 2.13. The van der Waals surface area contributed by atoms with Crippen molar-refractivity contribution >= 4 is 30.4 Å². The maximum Gasteiger partial charge on any atom is 0.407 e. The number of alkyl carbamates (subject to hydrolysis) is 1. The normalized spacial score (nSPS) is 10.1. The highest BCUT2D eigenvalue weighted by molar-refractivity contribution is 5.85. The number of ether oxygens (including phenoxy) is 2. The number of carbonyl (C=O) groups is 3. The van der Waals surface area contributed by atoms with E-state index in [-0.39, 0.29) is 24.8 Å². The third-order valence-electron chi connectivity index (χ3n) is 3.55. The average Bonchev–Trinajstić information content (AvgIpc) is 2.59. The molecule has 0 aliphatic carbocycles. The van der Waals surface area contributed by atoms with Gasteiger partial charge in [0.2, 0.25) is 0 Å². The van der Waals surface area contributed by atoms with Gasteiger partial charge in [0.1, 0.15) is 5.60 Å². The molecule has 0 aromatic carbocycles. The monoisotopic (exact) mass is 440 g/mol. The van der Waals surface area contributed by atoms with Gasteiger partial charge in [-0.05, 0) is 53.0 Å². The molecule has 0 aliphatic heterocycles. The zero-order valence-electron chi connectivity index (χ0n) is 18.5. The Bertz CT molecular complexity index is 428. The van der Waals surface area contributed by atoms with Gasteiger partial charge in [-0.3, -0.25) is 9.59 Å². The minimum Gasteiger partial charge on any atom is -0.481 e. The van der Waals surface area contributed by atoms with Gasteiger partial charge < -0.3 is 25.6 Å². The Labute approximate surface area is 181 Å². The van der Waals surface area contributed by atoms with E-state index in [2.05, 4.69) is 10.1 Å². The SMILES string of the molecule is CC(C)(C)OC(=O)NCCCCCCC(=O)O.COC(=O)CCCCCCN.Cl. The van der Waals surface area contributed by atoms with Crippen molar-refractivity contribution in [3.8, 4) is 0 Å². The summed E-state index contributed by atoms with van der Waals surface area (Å²) in [6.45, 7) is 6.77. The van der Waals surface area contributed by atoms with Crippen LogP contribution in [0.3, 0.4) is 0 Å². The van der Waals surface area contributed by atoms with Gasteiger partial charge in [0.05, 0.1) is 7.11 Å². The minimum absolute atomic E-state index is 0. The van der Waals surface area contributed by atoms with Crippen LogP contribution in [0.2, 0.25) is 0 Å². The van der Waals surface area contributed by atoms with Crippen molar-refractivity contribution in [1.82, 2.24) is 5.32 Å². The molecule has 0 aromatic heterocycles. The number of esters is 1. The molecule has 0 spiro atoms. The van der Waals surface area contributed by atoms with E-state index in [9.17, 15) is 14.4 Å². The summed E-state index contributed by atoms with van der Waals surface area (Å²) in [6.07, 6.45) is 7.88. The summed E-state index contributed by atoms with van der Waals surface area (Å²) in [7, 11) is 1.42. The Morgan fingerprint density at radius 3 is 1.90 bits per heavy atom. The molecule has 0 heterocycles. The summed E-state index contributed by atoms with van der Waals surface area (Å²) in [5.74, 6) is -0.866. The predicted octanol–water partition coefficient (Wildman–Crippen LogP) is 4.04. The highest BCUT2D eigenvalue weighted by Gasteiger charge is 2.15. The second-order valence-corrected chi connectivity index (χ2v) is 7.52. The summed E-state index contributed by atoms with van der Waals surface area (Å²) in [4.78, 5) is 32.1. The van der Waals surface area contributed by atoms with E-state index in [1.165, 1.54) is 7.11 Å². The van der Waals surface area contributed by atoms with Crippen LogP contribution in [0.1, 0.15) is 85.0 Å². The molecular formula is C20H41ClN2O6. The second-order valence-electron chi connectivity index (χ2n) is 7.52. The maximum atomic E-state index is 11.2. The Morgan fingerprint density at radius 2 is 1.41 bits per heavy atom. The molecule has 0 atom stereocenters. The summed E-state index contributed by atoms with van der Waals surface area (Å²) in [5, 5.41) is 11.1. The largest absolute Gasteiger partial charge is 0.481 e. The quantitative estimate of drug-likeness (QED) is 0.291. The first-order valence-electron chi connectivity index (χ1n) is 10.1. The van der Waals surface area contributed by atoms with Gasteiger partial charge in [0, 0.05) is 19.4 Å². The number of unbranched alkanes of at least 4 members (excludes halogenated alkanes) is 6. The standard InChI is InChI=1S/C12H23NO4.C8H17NO2.ClH/c1-12(2,3)17-11(16)13-9-7-5-4-6-8-10(14)15;1-11-8(10)6-4-2-3-5-7-9;/h4-9H2,1-3H3,(H,13,16)(H,14,15);2-7,9H2,1H3;1H. The molecule has 0 aliphatic rings. The lowest BCUT2D eigenvalue weighted by Crippen LogP contribution is -2.32. The summed E-state index contributed by atoms with van der Waals surface area (Å²) in [5.41, 5.74) is 4.84. The molecule has 9 heteroatoms. The van der Waals surface area contributed by atoms with Crippen LogP contribution >= 0.6 is 12.4 Å². The first-order chi connectivity index (χ1) is 13.1. The summed E-state index contributed by atoms with van der Waals surface area (Å²) in [6, 6.07) is 0. The molecular weight excluding hydrogens is 400 g/mol. The molecule has 4 N–H and O–H groups in total. The van der Waals surface area contributed by atoms with Crippen LogP contribution in [0.15, 0.2) is 0 Å². The molecule has 1 amide bonds. The number of hydrogen-bond acceptors (Lipinski definition) is 6. The first-order valence-corrected chi connectivity index (χ1v) is 10.1. The Morgan fingerprint density at radius 1 is 0.897 bits per heavy atom. The highest BCUT2D eigenvalue weighted by atomic mass is 35.5. The van der Waals surface area contributed by atoms with Gasteiger partial charge in [0.25, 0.3) is 0 Å². The molecule has 0 saturated carbocycles. The lowest BCUT2D eigenvalue weighted by Gasteiger charge is -2.19. The van der Waals surface area contributed by atoms with Gasteiger partial charge in [-0.2, -0.15) is 0 Å². The lowest BCUT2D eigenvalue weighted by atomic mass is 10.1. The Hall–Kier alpha value is -1.54. The van der Waals surface area contributed by atoms with E-state index in [4.69, 9.17) is 15.6 Å². The van der Waals surface area contributed by atoms with Crippen LogP contribution in [0.5, 0.6) is 0 Å². The number of methoxy groups -OCH3 is 1. The number of aliphatic carboxylic acids is 1. The van der Waals surface area contributed by atoms with E-state index < -0.39 is 17.7 Å². The van der Waals surface area contributed by atoms with Crippen LogP contribution in [-0.2, 0) is 19.1 Å². The van der Waals surface area contributed by atoms with Crippen LogP contribution in [0.25, 0.3) is 0 Å². The van der Waals surface area contributed by atoms with Gasteiger partial charge in [0.15, 0.2) is 0 Å². The lowest BCUT2D eigenvalue weighted by molar-refractivity contribution is -0.141. The van der Waals surface area contributed by atoms with Gasteiger partial charge in [-0.15, -0.1) is 12.4 Å². The van der Waals surface area contributed by atoms with E-state index >= 15 is 0 Å². The number of amides is 1. The predicted molar refractivity (Wildman–Crippen MR) is 116 cm³/mol. The van der Waals surface area contributed by atoms with Crippen molar-refractivity contribution in [3.63, 3.8) is 0 Å². The summed E-state index contributed by atoms with van der Waals surface area (Å²) >= 11 is 0. The van der Waals surface area contributed by atoms with E-state index in [1.807, 2.05) is 20.8 Å². The zero-order valence-corrected chi connectivity index (χ0v) is 19.3. The number of rotatable bonds is 13. The van der Waals surface area contributed by atoms with Crippen LogP contribution in [0.4, 0.5) is 4.79 Å². The molecule has 0 fully saturated rings. The molecule has 0 radical (unpaired) electrons. The molecule has 0 unspecified atom stereocenters. The molecule has 0 bridgehead atoms. The smallest absolute Gasteiger partial charge is 0.407 e. The molecule has 29 heavy (non-hydrogen) atoms. The molecule has 174 valence electrons. The minimum atomic E-state index is -0.753. The first kappa shape index (κ1) is 32.1. The molecule has 0 rings (SSSR count). The third kappa shape index (κ3) is 31.4. The van der Waals surface area contributed by atoms with Crippen molar-refractivity contribution in [2.24, 2.45) is 5.73 Å². The molecule has 8 nitrogen and oxygen atoms in total. The van der Waals surface area contributed by atoms with E-state index in [0.29, 0.717) is 19.4 Å². The maximum absolute atomic E-state index is 11.2. The summed E-state index contributed by atoms with van der Waals surface area (Å²) < 4.78 is 9.56. The fraction of sp³-hybridized carbons (Fsp3) is 0.850. The number of carbonyl (C=O) groups excluding carboxylic acids is 2. The Kier molecular flexibility index (Phi) is 23.5. The van der Waals surface area contributed by atoms with Crippen molar-refractivity contribution in [2.45, 2.75) is 90.6 Å². The van der Waals surface area contributed by atoms with Crippen molar-refractivity contribution < 1.29 is 29.0 Å². The van der Waals surface area contributed by atoms with Gasteiger partial charge in [-0.25, -0.2) is 4.79 Å². The number of carboxylic acid groups (broad SMARTS) is 1. The third-order valence-corrected chi connectivity index (χ3v) is 3.55. The molecule has 0 saturated heterocycles. The second kappa shape index (κ2) is 21.2. The van der Waals surface area contributed by atoms with E-state index in [1.54, 1.807) is 0 Å². The fourth-order valence-electron chi connectivity index (χ4n) is 2.13. The van der Waals surface area contributed by atoms with E-state index in [0.717, 1.165) is 51.5 Å². The van der Waals surface area contributed by atoms with Gasteiger partial charge >= 0.3 is 18.0 Å². The molecule has 0 aromatic rings. The topological polar surface area (TPSA) is 128 Å².